The van der Waals surface area contributed by atoms with Gasteiger partial charge in [-0.15, -0.1) is 11.7 Å². The Morgan fingerprint density at radius 3 is 3.00 bits per heavy atom. The molecule has 1 nitrogen and oxygen atoms in total. The van der Waals surface area contributed by atoms with Gasteiger partial charge in [-0.1, -0.05) is 0 Å². The first kappa shape index (κ1) is 5.47. The van der Waals surface area contributed by atoms with Crippen LogP contribution in [0.2, 0.25) is 0 Å². The molecular weight excluding hydrogens is 146 g/mol. The minimum Gasteiger partial charge on any atom is -0.200 e. The minimum atomic E-state index is 1.14. The summed E-state index contributed by atoms with van der Waals surface area (Å²) in [5.74, 6) is 0. The summed E-state index contributed by atoms with van der Waals surface area (Å²) in [5.41, 5.74) is 0. The maximum Gasteiger partial charge on any atom is 0.0910 e. The van der Waals surface area contributed by atoms with Crippen LogP contribution in [0.4, 0.5) is 0 Å². The predicted molar refractivity (Wildman–Crippen MR) is 37.0 cm³/mol. The van der Waals surface area contributed by atoms with Crippen molar-refractivity contribution in [3.8, 4) is 0 Å². The van der Waals surface area contributed by atoms with E-state index in [0.29, 0.717) is 0 Å². The third-order valence-electron chi connectivity index (χ3n) is 0.504. The van der Waals surface area contributed by atoms with Gasteiger partial charge in [-0.2, -0.15) is 0 Å². The van der Waals surface area contributed by atoms with Gasteiger partial charge in [0, 0.05) is 6.20 Å². The van der Waals surface area contributed by atoms with Gasteiger partial charge in [-0.3, -0.25) is 0 Å². The molecule has 0 unspecified atom stereocenters. The van der Waals surface area contributed by atoms with Gasteiger partial charge in [0.1, 0.15) is 0 Å². The van der Waals surface area contributed by atoms with Crippen LogP contribution in [-0.2, 0) is 0 Å². The fraction of sp³-hybridized carbons (Fsp3) is 0. The van der Waals surface area contributed by atoms with E-state index in [4.69, 9.17) is 0 Å². The quantitative estimate of drug-likeness (QED) is 0.485. The Balaban J connectivity index is 2.76. The van der Waals surface area contributed by atoms with Gasteiger partial charge in [0.2, 0.25) is 0 Å². The van der Waals surface area contributed by atoms with E-state index in [1.807, 2.05) is 6.07 Å². The van der Waals surface area contributed by atoms with Crippen molar-refractivity contribution in [2.45, 2.75) is 4.21 Å². The summed E-state index contributed by atoms with van der Waals surface area (Å²) in [5, 5.41) is 0. The van der Waals surface area contributed by atoms with Crippen LogP contribution in [0.1, 0.15) is 0 Å². The third kappa shape index (κ3) is 1.36. The minimum absolute atomic E-state index is 1.14. The molecule has 0 saturated heterocycles. The topological polar surface area (TPSA) is 12.9 Å². The first-order chi connectivity index (χ1) is 3.43. The molecular formula is C3H3NS3. The van der Waals surface area contributed by atoms with Gasteiger partial charge in [0.05, 0.1) is 4.21 Å². The Morgan fingerprint density at radius 1 is 1.86 bits per heavy atom. The van der Waals surface area contributed by atoms with Crippen LogP contribution in [0.15, 0.2) is 16.5 Å². The normalized spacial score (nSPS) is 9.29. The highest BCUT2D eigenvalue weighted by atomic mass is 33.1. The highest BCUT2D eigenvalue weighted by Crippen LogP contribution is 2.23. The van der Waals surface area contributed by atoms with Gasteiger partial charge < -0.3 is 0 Å². The van der Waals surface area contributed by atoms with Crippen LogP contribution in [-0.4, -0.2) is 4.37 Å². The summed E-state index contributed by atoms with van der Waals surface area (Å²) in [6, 6.07) is 1.93. The van der Waals surface area contributed by atoms with E-state index in [1.165, 1.54) is 22.3 Å². The standard InChI is InChI=1S/C3H3NS3/c5-7-3-1-2-4-6-3/h1-2,5H. The summed E-state index contributed by atoms with van der Waals surface area (Å²) in [4.78, 5) is 0. The maximum absolute atomic E-state index is 3.96. The zero-order chi connectivity index (χ0) is 5.11. The van der Waals surface area contributed by atoms with E-state index >= 15 is 0 Å². The van der Waals surface area contributed by atoms with Crippen molar-refractivity contribution in [1.29, 1.82) is 0 Å². The molecule has 0 aliphatic carbocycles. The summed E-state index contributed by atoms with van der Waals surface area (Å²) in [6.07, 6.45) is 1.77. The van der Waals surface area contributed by atoms with Crippen LogP contribution in [0, 0.1) is 0 Å². The maximum atomic E-state index is 3.96. The van der Waals surface area contributed by atoms with Crippen molar-refractivity contribution in [2.75, 3.05) is 0 Å². The molecule has 0 aromatic carbocycles. The molecule has 0 amide bonds. The summed E-state index contributed by atoms with van der Waals surface area (Å²) < 4.78 is 5.01. The highest BCUT2D eigenvalue weighted by Gasteiger charge is 1.86. The number of rotatable bonds is 1. The number of hydrogen-bond acceptors (Lipinski definition) is 4. The van der Waals surface area contributed by atoms with Crippen LogP contribution in [0.25, 0.3) is 0 Å². The van der Waals surface area contributed by atoms with Crippen LogP contribution >= 0.6 is 34.0 Å². The fourth-order valence-electron chi connectivity index (χ4n) is 0.251. The molecule has 0 spiro atoms. The van der Waals surface area contributed by atoms with Gasteiger partial charge in [-0.25, -0.2) is 4.37 Å². The second kappa shape index (κ2) is 2.59. The molecule has 0 aliphatic rings. The lowest BCUT2D eigenvalue weighted by molar-refractivity contribution is 1.57. The zero-order valence-corrected chi connectivity index (χ0v) is 5.89. The Labute approximate surface area is 55.1 Å². The molecule has 0 aliphatic heterocycles. The van der Waals surface area contributed by atoms with Crippen molar-refractivity contribution in [1.82, 2.24) is 4.37 Å². The van der Waals surface area contributed by atoms with Crippen LogP contribution < -0.4 is 0 Å². The summed E-state index contributed by atoms with van der Waals surface area (Å²) in [7, 11) is 1.43. The van der Waals surface area contributed by atoms with E-state index in [9.17, 15) is 0 Å². The van der Waals surface area contributed by atoms with E-state index < -0.39 is 0 Å². The Kier molecular flexibility index (Phi) is 2.02. The fourth-order valence-corrected chi connectivity index (χ4v) is 1.47. The third-order valence-corrected chi connectivity index (χ3v) is 2.80. The molecule has 0 atom stereocenters. The Morgan fingerprint density at radius 2 is 2.71 bits per heavy atom. The molecule has 0 radical (unpaired) electrons. The molecule has 7 heavy (non-hydrogen) atoms. The average molecular weight is 149 g/mol. The van der Waals surface area contributed by atoms with Crippen LogP contribution in [0.3, 0.4) is 0 Å². The highest BCUT2D eigenvalue weighted by molar-refractivity contribution is 8.69. The smallest absolute Gasteiger partial charge is 0.0910 e. The van der Waals surface area contributed by atoms with Gasteiger partial charge in [-0.05, 0) is 28.4 Å². The molecule has 1 aromatic heterocycles. The number of hydrogen-bond donors (Lipinski definition) is 1. The van der Waals surface area contributed by atoms with E-state index in [1.54, 1.807) is 6.20 Å². The average Bonchev–Trinajstić information content (AvgIpc) is 2.14. The molecule has 0 bridgehead atoms. The van der Waals surface area contributed by atoms with E-state index in [-0.39, 0.29) is 0 Å². The second-order valence-corrected chi connectivity index (χ2v) is 3.18. The first-order valence-electron chi connectivity index (χ1n) is 1.65. The Bertz CT molecular complexity index is 125. The SMILES string of the molecule is SSc1ccns1. The predicted octanol–water partition coefficient (Wildman–Crippen LogP) is 2.08. The van der Waals surface area contributed by atoms with Crippen molar-refractivity contribution in [3.05, 3.63) is 12.3 Å². The number of thiol groups is 1. The molecule has 0 N–H and O–H groups in total. The largest absolute Gasteiger partial charge is 0.200 e. The van der Waals surface area contributed by atoms with Gasteiger partial charge >= 0.3 is 0 Å². The summed E-state index contributed by atoms with van der Waals surface area (Å²) >= 11 is 5.42. The molecule has 1 rings (SSSR count). The second-order valence-electron chi connectivity index (χ2n) is 0.923. The van der Waals surface area contributed by atoms with E-state index in [0.717, 1.165) is 4.21 Å². The van der Waals surface area contributed by atoms with Crippen molar-refractivity contribution < 1.29 is 0 Å². The Hall–Kier alpha value is 0.330. The lowest BCUT2D eigenvalue weighted by Crippen LogP contribution is -1.39. The number of nitrogens with zero attached hydrogens (tertiary/aromatic N) is 1. The van der Waals surface area contributed by atoms with Crippen molar-refractivity contribution in [2.24, 2.45) is 0 Å². The molecule has 4 heteroatoms. The molecule has 0 fully saturated rings. The van der Waals surface area contributed by atoms with E-state index in [2.05, 4.69) is 16.0 Å². The molecule has 1 heterocycles. The monoisotopic (exact) mass is 149 g/mol. The van der Waals surface area contributed by atoms with Crippen molar-refractivity contribution >= 4 is 34.0 Å². The zero-order valence-electron chi connectivity index (χ0n) is 3.37. The number of aromatic nitrogens is 1. The van der Waals surface area contributed by atoms with Gasteiger partial charge in [0.25, 0.3) is 0 Å². The van der Waals surface area contributed by atoms with Crippen molar-refractivity contribution in [3.63, 3.8) is 0 Å². The molecule has 38 valence electrons. The lowest BCUT2D eigenvalue weighted by atomic mass is 10.8. The molecule has 0 saturated carbocycles. The first-order valence-corrected chi connectivity index (χ1v) is 4.30. The summed E-state index contributed by atoms with van der Waals surface area (Å²) in [6.45, 7) is 0. The molecule has 1 aromatic rings. The van der Waals surface area contributed by atoms with Gasteiger partial charge in [0.15, 0.2) is 0 Å². The lowest BCUT2D eigenvalue weighted by Gasteiger charge is -1.75. The van der Waals surface area contributed by atoms with Crippen LogP contribution in [0.5, 0.6) is 0 Å².